The quantitative estimate of drug-likeness (QED) is 0.344. The lowest BCUT2D eigenvalue weighted by atomic mass is 10.1. The number of thioether (sulfide) groups is 1. The Morgan fingerprint density at radius 3 is 2.62 bits per heavy atom. The maximum Gasteiger partial charge on any atom is 0.220 e. The number of carbonyl (C=O) groups is 1. The van der Waals surface area contributed by atoms with E-state index in [0.29, 0.717) is 31.2 Å². The van der Waals surface area contributed by atoms with Gasteiger partial charge < -0.3 is 15.0 Å². The van der Waals surface area contributed by atoms with Crippen molar-refractivity contribution in [1.82, 2.24) is 25.1 Å². The fourth-order valence-corrected chi connectivity index (χ4v) is 4.83. The van der Waals surface area contributed by atoms with Crippen molar-refractivity contribution in [2.24, 2.45) is 0 Å². The summed E-state index contributed by atoms with van der Waals surface area (Å²) >= 11 is 1.67. The van der Waals surface area contributed by atoms with E-state index in [1.165, 1.54) is 19.3 Å². The summed E-state index contributed by atoms with van der Waals surface area (Å²) in [5.74, 6) is 1.84. The number of carbonyl (C=O) groups excluding carboxylic acids is 1. The van der Waals surface area contributed by atoms with Crippen LogP contribution in [0.4, 0.5) is 5.82 Å². The maximum atomic E-state index is 12.4. The van der Waals surface area contributed by atoms with Gasteiger partial charge in [-0.25, -0.2) is 14.6 Å². The molecular weight excluding hydrogens is 448 g/mol. The van der Waals surface area contributed by atoms with Crippen LogP contribution in [-0.4, -0.2) is 57.6 Å². The van der Waals surface area contributed by atoms with Crippen LogP contribution in [0.25, 0.3) is 11.0 Å². The van der Waals surface area contributed by atoms with Crippen molar-refractivity contribution in [3.8, 4) is 5.75 Å². The number of aromatic nitrogens is 4. The van der Waals surface area contributed by atoms with Gasteiger partial charge in [-0.05, 0) is 43.4 Å². The van der Waals surface area contributed by atoms with Crippen molar-refractivity contribution in [1.29, 1.82) is 0 Å². The fraction of sp³-hybridized carbons (Fsp3) is 0.520. The number of ether oxygens (including phenoxy) is 1. The van der Waals surface area contributed by atoms with Gasteiger partial charge in [0.05, 0.1) is 25.2 Å². The molecule has 0 radical (unpaired) electrons. The number of fused-ring (bicyclic) bond motifs is 1. The first-order valence-corrected chi connectivity index (χ1v) is 13.0. The van der Waals surface area contributed by atoms with Gasteiger partial charge in [-0.15, -0.1) is 0 Å². The first kappa shape index (κ1) is 24.3. The lowest BCUT2D eigenvalue weighted by molar-refractivity contribution is -0.121. The molecule has 0 bridgehead atoms. The number of benzene rings is 1. The van der Waals surface area contributed by atoms with Gasteiger partial charge in [0, 0.05) is 31.3 Å². The lowest BCUT2D eigenvalue weighted by Crippen LogP contribution is -2.30. The zero-order valence-corrected chi connectivity index (χ0v) is 21.1. The Balaban J connectivity index is 1.39. The Morgan fingerprint density at radius 1 is 1.15 bits per heavy atom. The summed E-state index contributed by atoms with van der Waals surface area (Å²) in [5, 5.41) is 9.78. The Hall–Kier alpha value is -2.81. The molecule has 4 rings (SSSR count). The molecule has 182 valence electrons. The summed E-state index contributed by atoms with van der Waals surface area (Å²) in [6.45, 7) is 7.42. The van der Waals surface area contributed by atoms with Gasteiger partial charge in [-0.2, -0.15) is 5.10 Å². The highest BCUT2D eigenvalue weighted by Crippen LogP contribution is 2.30. The number of anilines is 1. The van der Waals surface area contributed by atoms with Crippen molar-refractivity contribution in [3.63, 3.8) is 0 Å². The van der Waals surface area contributed by atoms with Gasteiger partial charge in [0.1, 0.15) is 11.6 Å². The highest BCUT2D eigenvalue weighted by atomic mass is 32.2. The molecular formula is C25H34N6O2S. The average Bonchev–Trinajstić information content (AvgIpc) is 3.25. The summed E-state index contributed by atoms with van der Waals surface area (Å²) < 4.78 is 7.07. The first-order chi connectivity index (χ1) is 16.5. The fourth-order valence-electron chi connectivity index (χ4n) is 4.13. The predicted molar refractivity (Wildman–Crippen MR) is 137 cm³/mol. The minimum Gasteiger partial charge on any atom is -0.497 e. The van der Waals surface area contributed by atoms with Gasteiger partial charge in [0.15, 0.2) is 10.8 Å². The number of nitrogens with one attached hydrogen (secondary N) is 1. The van der Waals surface area contributed by atoms with Crippen LogP contribution in [0.2, 0.25) is 0 Å². The Bertz CT molecular complexity index is 1090. The molecule has 1 N–H and O–H groups in total. The predicted octanol–water partition coefficient (Wildman–Crippen LogP) is 4.07. The van der Waals surface area contributed by atoms with Crippen LogP contribution in [0, 0.1) is 0 Å². The molecule has 2 aromatic heterocycles. The molecule has 0 unspecified atom stereocenters. The van der Waals surface area contributed by atoms with Crippen LogP contribution in [-0.2, 0) is 17.8 Å². The van der Waals surface area contributed by atoms with Crippen LogP contribution in [0.3, 0.4) is 0 Å². The third kappa shape index (κ3) is 6.20. The van der Waals surface area contributed by atoms with Crippen molar-refractivity contribution in [2.75, 3.05) is 31.6 Å². The summed E-state index contributed by atoms with van der Waals surface area (Å²) in [4.78, 5) is 24.5. The summed E-state index contributed by atoms with van der Waals surface area (Å²) in [6.07, 6.45) is 6.67. The van der Waals surface area contributed by atoms with Crippen LogP contribution in [0.1, 0.15) is 45.1 Å². The second-order valence-corrected chi connectivity index (χ2v) is 10.4. The number of hydrogen-bond acceptors (Lipinski definition) is 7. The molecule has 1 fully saturated rings. The molecule has 3 aromatic rings. The number of piperidine rings is 1. The van der Waals surface area contributed by atoms with E-state index in [2.05, 4.69) is 29.2 Å². The number of aryl methyl sites for hydroxylation is 1. The monoisotopic (exact) mass is 482 g/mol. The number of methoxy groups -OCH3 is 1. The van der Waals surface area contributed by atoms with Crippen LogP contribution < -0.4 is 15.0 Å². The SMILES string of the molecule is COc1ccc(CCC(=O)NCCn2ncc3c(N4CCCCC4)nc(SC(C)C)nc32)cc1. The second kappa shape index (κ2) is 11.6. The molecule has 3 heterocycles. The van der Waals surface area contributed by atoms with Gasteiger partial charge >= 0.3 is 0 Å². The highest BCUT2D eigenvalue weighted by Gasteiger charge is 2.20. The third-order valence-corrected chi connectivity index (χ3v) is 6.76. The zero-order valence-electron chi connectivity index (χ0n) is 20.3. The van der Waals surface area contributed by atoms with E-state index < -0.39 is 0 Å². The Kier molecular flexibility index (Phi) is 8.26. The van der Waals surface area contributed by atoms with E-state index in [9.17, 15) is 4.79 Å². The molecule has 34 heavy (non-hydrogen) atoms. The molecule has 0 atom stereocenters. The van der Waals surface area contributed by atoms with E-state index >= 15 is 0 Å². The second-order valence-electron chi connectivity index (χ2n) is 8.85. The first-order valence-electron chi connectivity index (χ1n) is 12.1. The normalized spacial score (nSPS) is 14.1. The molecule has 0 spiro atoms. The van der Waals surface area contributed by atoms with Crippen molar-refractivity contribution >= 4 is 34.5 Å². The number of rotatable bonds is 10. The standard InChI is InChI=1S/C25H34N6O2S/c1-18(2)34-25-28-23(30-14-5-4-6-15-30)21-17-27-31(24(21)29-25)16-13-26-22(32)12-9-19-7-10-20(33-3)11-8-19/h7-8,10-11,17-18H,4-6,9,12-16H2,1-3H3,(H,26,32). The minimum atomic E-state index is 0.0342. The van der Waals surface area contributed by atoms with Gasteiger partial charge in [-0.3, -0.25) is 4.79 Å². The van der Waals surface area contributed by atoms with E-state index in [1.807, 2.05) is 35.1 Å². The lowest BCUT2D eigenvalue weighted by Gasteiger charge is -2.28. The van der Waals surface area contributed by atoms with E-state index in [4.69, 9.17) is 14.7 Å². The molecule has 0 saturated carbocycles. The molecule has 0 aliphatic carbocycles. The van der Waals surface area contributed by atoms with Crippen molar-refractivity contribution in [2.45, 2.75) is 62.9 Å². The summed E-state index contributed by atoms with van der Waals surface area (Å²) in [6, 6.07) is 7.83. The number of amides is 1. The smallest absolute Gasteiger partial charge is 0.220 e. The van der Waals surface area contributed by atoms with Gasteiger partial charge in [0.25, 0.3) is 0 Å². The van der Waals surface area contributed by atoms with E-state index in [-0.39, 0.29) is 5.91 Å². The number of nitrogens with zero attached hydrogens (tertiary/aromatic N) is 5. The Morgan fingerprint density at radius 2 is 1.91 bits per heavy atom. The Labute approximate surface area is 205 Å². The van der Waals surface area contributed by atoms with Crippen LogP contribution in [0.15, 0.2) is 35.6 Å². The van der Waals surface area contributed by atoms with Crippen LogP contribution >= 0.6 is 11.8 Å². The van der Waals surface area contributed by atoms with Gasteiger partial charge in [0.2, 0.25) is 5.91 Å². The largest absolute Gasteiger partial charge is 0.497 e. The maximum absolute atomic E-state index is 12.4. The molecule has 9 heteroatoms. The zero-order chi connectivity index (χ0) is 23.9. The van der Waals surface area contributed by atoms with Crippen LogP contribution in [0.5, 0.6) is 5.75 Å². The van der Waals surface area contributed by atoms with E-state index in [0.717, 1.165) is 46.4 Å². The molecule has 1 amide bonds. The molecule has 1 aliphatic rings. The topological polar surface area (TPSA) is 85.2 Å². The highest BCUT2D eigenvalue weighted by molar-refractivity contribution is 7.99. The van der Waals surface area contributed by atoms with E-state index in [1.54, 1.807) is 18.9 Å². The van der Waals surface area contributed by atoms with Crippen molar-refractivity contribution in [3.05, 3.63) is 36.0 Å². The van der Waals surface area contributed by atoms with Crippen molar-refractivity contribution < 1.29 is 9.53 Å². The minimum absolute atomic E-state index is 0.0342. The number of hydrogen-bond donors (Lipinski definition) is 1. The van der Waals surface area contributed by atoms with Gasteiger partial charge in [-0.1, -0.05) is 37.7 Å². The molecule has 1 aliphatic heterocycles. The molecule has 1 saturated heterocycles. The molecule has 8 nitrogen and oxygen atoms in total. The third-order valence-electron chi connectivity index (χ3n) is 5.90. The summed E-state index contributed by atoms with van der Waals surface area (Å²) in [7, 11) is 1.65. The average molecular weight is 483 g/mol. The summed E-state index contributed by atoms with van der Waals surface area (Å²) in [5.41, 5.74) is 1.96. The molecule has 1 aromatic carbocycles.